The van der Waals surface area contributed by atoms with Crippen molar-refractivity contribution in [2.75, 3.05) is 22.9 Å². The van der Waals surface area contributed by atoms with Crippen molar-refractivity contribution in [1.29, 1.82) is 5.41 Å². The van der Waals surface area contributed by atoms with E-state index in [2.05, 4.69) is 0 Å². The first-order chi connectivity index (χ1) is 12.5. The Morgan fingerprint density at radius 1 is 1.00 bits per heavy atom. The quantitative estimate of drug-likeness (QED) is 0.346. The van der Waals surface area contributed by atoms with Gasteiger partial charge in [0.2, 0.25) is 0 Å². The van der Waals surface area contributed by atoms with Crippen LogP contribution in [-0.2, 0) is 11.2 Å². The van der Waals surface area contributed by atoms with Crippen molar-refractivity contribution in [3.63, 3.8) is 0 Å². The summed E-state index contributed by atoms with van der Waals surface area (Å²) in [5.74, 6) is -0.829. The first-order valence-electron chi connectivity index (χ1n) is 8.30. The second kappa shape index (κ2) is 9.95. The third-order valence-electron chi connectivity index (χ3n) is 4.37. The number of nitrogen functional groups attached to an aromatic ring is 1. The van der Waals surface area contributed by atoms with Crippen molar-refractivity contribution >= 4 is 29.2 Å². The predicted octanol–water partition coefficient (Wildman–Crippen LogP) is -0.738. The topological polar surface area (TPSA) is 141 Å². The fourth-order valence-electron chi connectivity index (χ4n) is 2.93. The predicted molar refractivity (Wildman–Crippen MR) is 102 cm³/mol. The number of carbonyl (C=O) groups excluding carboxylic acids is 1. The summed E-state index contributed by atoms with van der Waals surface area (Å²) < 4.78 is 0. The molecule has 1 heterocycles. The molecule has 2 amide bonds. The first-order valence-corrected chi connectivity index (χ1v) is 8.30. The Morgan fingerprint density at radius 2 is 1.46 bits per heavy atom. The molecule has 2 aromatic carbocycles. The van der Waals surface area contributed by atoms with Crippen LogP contribution in [0.15, 0.2) is 48.5 Å². The van der Waals surface area contributed by atoms with E-state index in [4.69, 9.17) is 16.2 Å². The fourth-order valence-corrected chi connectivity index (χ4v) is 2.93. The minimum Gasteiger partial charge on any atom is -0.870 e. The molecule has 0 saturated carbocycles. The van der Waals surface area contributed by atoms with Gasteiger partial charge in [-0.15, -0.1) is 0 Å². The molecule has 1 aliphatic rings. The first kappa shape index (κ1) is 23.2. The van der Waals surface area contributed by atoms with Gasteiger partial charge in [-0.3, -0.25) is 20.0 Å². The van der Waals surface area contributed by atoms with E-state index in [0.29, 0.717) is 25.1 Å². The number of aryl methyl sites for hydroxylation is 1. The number of nitrogens with zero attached hydrogens (tertiary/aromatic N) is 2. The van der Waals surface area contributed by atoms with Crippen molar-refractivity contribution in [3.8, 4) is 0 Å². The van der Waals surface area contributed by atoms with E-state index in [-0.39, 0.29) is 42.6 Å². The maximum atomic E-state index is 12.7. The minimum absolute atomic E-state index is 0. The van der Waals surface area contributed by atoms with Gasteiger partial charge in [-0.25, -0.2) is 4.79 Å². The summed E-state index contributed by atoms with van der Waals surface area (Å²) in [4.78, 5) is 26.8. The van der Waals surface area contributed by atoms with Crippen molar-refractivity contribution in [1.82, 2.24) is 0 Å². The molecule has 0 aliphatic carbocycles. The van der Waals surface area contributed by atoms with Crippen LogP contribution in [-0.4, -0.2) is 41.5 Å². The number of carboxylic acid groups (broad SMARTS) is 1. The Bertz CT molecular complexity index is 840. The number of urea groups is 1. The summed E-state index contributed by atoms with van der Waals surface area (Å²) >= 11 is 0. The van der Waals surface area contributed by atoms with Crippen LogP contribution in [0.25, 0.3) is 0 Å². The molecule has 1 saturated heterocycles. The van der Waals surface area contributed by atoms with Crippen LogP contribution < -0.4 is 34.4 Å². The zero-order valence-electron chi connectivity index (χ0n) is 15.6. The van der Waals surface area contributed by atoms with Crippen LogP contribution in [0, 0.1) is 5.41 Å². The molecule has 28 heavy (non-hydrogen) atoms. The number of carbonyl (C=O) groups is 2. The number of anilines is 2. The molecule has 1 fully saturated rings. The third-order valence-corrected chi connectivity index (χ3v) is 4.37. The number of nitrogens with one attached hydrogen (secondary N) is 1. The molecule has 0 spiro atoms. The number of amidine groups is 1. The molecule has 0 bridgehead atoms. The van der Waals surface area contributed by atoms with Gasteiger partial charge in [-0.05, 0) is 48.4 Å². The van der Waals surface area contributed by atoms with E-state index in [0.717, 1.165) is 16.9 Å². The van der Waals surface area contributed by atoms with Crippen LogP contribution in [0.4, 0.5) is 16.2 Å². The second-order valence-corrected chi connectivity index (χ2v) is 6.11. The molecule has 1 aliphatic heterocycles. The van der Waals surface area contributed by atoms with Gasteiger partial charge in [0.05, 0.1) is 0 Å². The van der Waals surface area contributed by atoms with Gasteiger partial charge in [0.15, 0.2) is 0 Å². The molecule has 8 nitrogen and oxygen atoms in total. The smallest absolute Gasteiger partial charge is 0.870 e. The molecule has 0 unspecified atom stereocenters. The average Bonchev–Trinajstić information content (AvgIpc) is 3.02. The number of carboxylic acids is 1. The van der Waals surface area contributed by atoms with E-state index < -0.39 is 5.97 Å². The molecule has 5 N–H and O–H groups in total. The number of amides is 2. The van der Waals surface area contributed by atoms with Crippen molar-refractivity contribution in [2.45, 2.75) is 12.8 Å². The van der Waals surface area contributed by atoms with Gasteiger partial charge in [-0.2, -0.15) is 0 Å². The molecule has 0 aromatic heterocycles. The second-order valence-electron chi connectivity index (χ2n) is 6.11. The summed E-state index contributed by atoms with van der Waals surface area (Å²) in [6, 6.07) is 14.3. The summed E-state index contributed by atoms with van der Waals surface area (Å²) in [6.07, 6.45) is 0.560. The summed E-state index contributed by atoms with van der Waals surface area (Å²) in [5.41, 5.74) is 8.56. The molecule has 0 atom stereocenters. The van der Waals surface area contributed by atoms with Crippen LogP contribution in [0.3, 0.4) is 0 Å². The Balaban J connectivity index is 0.00000196. The Kier molecular flexibility index (Phi) is 8.26. The van der Waals surface area contributed by atoms with Gasteiger partial charge in [0.25, 0.3) is 0 Å². The molecular formula is C19H21LiN4O4. The Morgan fingerprint density at radius 3 is 1.89 bits per heavy atom. The largest absolute Gasteiger partial charge is 1.00 e. The SMILES string of the molecule is N=C(N)c1ccc(N2CCN(c3ccc(CCC(=O)O)cc3)C2=O)cc1.[Li+].[OH-]. The van der Waals surface area contributed by atoms with E-state index in [1.807, 2.05) is 24.3 Å². The van der Waals surface area contributed by atoms with Crippen molar-refractivity contribution in [2.24, 2.45) is 5.73 Å². The van der Waals surface area contributed by atoms with E-state index in [1.54, 1.807) is 34.1 Å². The summed E-state index contributed by atoms with van der Waals surface area (Å²) in [7, 11) is 0. The number of benzene rings is 2. The Labute approximate surface area is 174 Å². The number of hydrogen-bond acceptors (Lipinski definition) is 4. The average molecular weight is 376 g/mol. The van der Waals surface area contributed by atoms with Crippen LogP contribution in [0.5, 0.6) is 0 Å². The van der Waals surface area contributed by atoms with Crippen LogP contribution in [0.2, 0.25) is 0 Å². The number of hydrogen-bond donors (Lipinski definition) is 3. The normalized spacial score (nSPS) is 12.9. The van der Waals surface area contributed by atoms with Gasteiger partial charge in [0, 0.05) is 36.4 Å². The molecule has 3 rings (SSSR count). The van der Waals surface area contributed by atoms with Crippen molar-refractivity contribution < 1.29 is 39.0 Å². The minimum atomic E-state index is -0.824. The molecule has 142 valence electrons. The molecule has 9 heteroatoms. The standard InChI is InChI=1S/C19H20N4O3.Li.H2O/c20-18(21)14-4-8-16(9-5-14)23-12-11-22(19(23)26)15-6-1-13(2-7-15)3-10-17(24)25;;/h1-2,4-9H,3,10-12H2,(H3,20,21)(H,24,25);;1H2/q;+1;/p-1. The Hall–Kier alpha value is -2.79. The van der Waals surface area contributed by atoms with Gasteiger partial charge >= 0.3 is 30.9 Å². The van der Waals surface area contributed by atoms with E-state index >= 15 is 0 Å². The number of aliphatic carboxylic acids is 1. The third kappa shape index (κ3) is 5.14. The molecule has 0 radical (unpaired) electrons. The zero-order chi connectivity index (χ0) is 18.7. The van der Waals surface area contributed by atoms with E-state index in [1.165, 1.54) is 0 Å². The number of nitrogens with two attached hydrogens (primary N) is 1. The molecule has 2 aromatic rings. The summed E-state index contributed by atoms with van der Waals surface area (Å²) in [5, 5.41) is 16.2. The monoisotopic (exact) mass is 376 g/mol. The van der Waals surface area contributed by atoms with E-state index in [9.17, 15) is 9.59 Å². The molecular weight excluding hydrogens is 355 g/mol. The van der Waals surface area contributed by atoms with Crippen LogP contribution >= 0.6 is 0 Å². The van der Waals surface area contributed by atoms with Crippen LogP contribution in [0.1, 0.15) is 17.5 Å². The van der Waals surface area contributed by atoms with Gasteiger partial charge in [-0.1, -0.05) is 12.1 Å². The fraction of sp³-hybridized carbons (Fsp3) is 0.211. The van der Waals surface area contributed by atoms with Crippen molar-refractivity contribution in [3.05, 3.63) is 59.7 Å². The van der Waals surface area contributed by atoms with Gasteiger partial charge < -0.3 is 16.3 Å². The number of rotatable bonds is 6. The summed E-state index contributed by atoms with van der Waals surface area (Å²) in [6.45, 7) is 1.14. The van der Waals surface area contributed by atoms with Gasteiger partial charge in [0.1, 0.15) is 5.84 Å². The maximum Gasteiger partial charge on any atom is 1.00 e. The zero-order valence-corrected chi connectivity index (χ0v) is 15.6. The maximum absolute atomic E-state index is 12.7.